The largest absolute Gasteiger partial charge is 0.427 e. The molecule has 1 aliphatic rings. The van der Waals surface area contributed by atoms with Gasteiger partial charge >= 0.3 is 5.97 Å². The number of carbonyl (C=O) groups excluding carboxylic acids is 1. The van der Waals surface area contributed by atoms with Crippen molar-refractivity contribution in [3.63, 3.8) is 0 Å². The third-order valence-corrected chi connectivity index (χ3v) is 8.34. The van der Waals surface area contributed by atoms with E-state index >= 15 is 0 Å². The van der Waals surface area contributed by atoms with Gasteiger partial charge in [-0.3, -0.25) is 4.79 Å². The monoisotopic (exact) mass is 490 g/mol. The lowest BCUT2D eigenvalue weighted by Crippen LogP contribution is -2.16. The quantitative estimate of drug-likeness (QED) is 0.141. The van der Waals surface area contributed by atoms with E-state index in [1.54, 1.807) is 0 Å². The number of unbranched alkanes of at least 4 members (excludes halogenated alkanes) is 5. The number of hydrogen-bond acceptors (Lipinski definition) is 2. The highest BCUT2D eigenvalue weighted by Gasteiger charge is 2.24. The summed E-state index contributed by atoms with van der Waals surface area (Å²) in [6.45, 7) is 6.89. The molecule has 1 fully saturated rings. The molecule has 0 bridgehead atoms. The molecular formula is C34H50O2. The van der Waals surface area contributed by atoms with E-state index in [0.717, 1.165) is 30.6 Å². The number of rotatable bonds is 15. The van der Waals surface area contributed by atoms with E-state index in [2.05, 4.69) is 57.2 Å². The molecule has 0 aliphatic heterocycles. The minimum absolute atomic E-state index is 0.121. The van der Waals surface area contributed by atoms with E-state index in [-0.39, 0.29) is 5.97 Å². The van der Waals surface area contributed by atoms with Gasteiger partial charge in [-0.2, -0.15) is 0 Å². The molecular weight excluding hydrogens is 440 g/mol. The van der Waals surface area contributed by atoms with Crippen molar-refractivity contribution in [2.24, 2.45) is 11.8 Å². The van der Waals surface area contributed by atoms with Crippen LogP contribution in [-0.2, 0) is 4.79 Å². The summed E-state index contributed by atoms with van der Waals surface area (Å²) >= 11 is 0. The van der Waals surface area contributed by atoms with Crippen LogP contribution in [-0.4, -0.2) is 5.97 Å². The molecule has 0 radical (unpaired) electrons. The van der Waals surface area contributed by atoms with Crippen molar-refractivity contribution < 1.29 is 9.53 Å². The topological polar surface area (TPSA) is 26.3 Å². The highest BCUT2D eigenvalue weighted by atomic mass is 16.5. The maximum atomic E-state index is 12.1. The van der Waals surface area contributed by atoms with Crippen molar-refractivity contribution in [1.82, 2.24) is 0 Å². The minimum Gasteiger partial charge on any atom is -0.427 e. The lowest BCUT2D eigenvalue weighted by Gasteiger charge is -2.31. The molecule has 2 heteroatoms. The zero-order valence-corrected chi connectivity index (χ0v) is 23.3. The van der Waals surface area contributed by atoms with Gasteiger partial charge in [0.05, 0.1) is 0 Å². The fraction of sp³-hybridized carbons (Fsp3) is 0.618. The summed E-state index contributed by atoms with van der Waals surface area (Å²) in [6, 6.07) is 17.2. The van der Waals surface area contributed by atoms with Crippen LogP contribution in [0, 0.1) is 11.8 Å². The zero-order chi connectivity index (χ0) is 25.6. The average molecular weight is 491 g/mol. The molecule has 0 N–H and O–H groups in total. The number of benzene rings is 2. The van der Waals surface area contributed by atoms with Gasteiger partial charge in [-0.1, -0.05) is 109 Å². The summed E-state index contributed by atoms with van der Waals surface area (Å²) in [4.78, 5) is 12.1. The Hall–Kier alpha value is -2.09. The van der Waals surface area contributed by atoms with E-state index in [0.29, 0.717) is 12.2 Å². The van der Waals surface area contributed by atoms with Crippen molar-refractivity contribution in [1.29, 1.82) is 0 Å². The fourth-order valence-electron chi connectivity index (χ4n) is 5.90. The van der Waals surface area contributed by atoms with Crippen LogP contribution in [0.2, 0.25) is 0 Å². The van der Waals surface area contributed by atoms with Crippen molar-refractivity contribution in [3.05, 3.63) is 54.1 Å². The van der Waals surface area contributed by atoms with E-state index in [9.17, 15) is 4.79 Å². The third-order valence-electron chi connectivity index (χ3n) is 8.34. The Bertz CT molecular complexity index is 859. The Kier molecular flexibility index (Phi) is 12.6. The van der Waals surface area contributed by atoms with Gasteiger partial charge in [-0.05, 0) is 85.1 Å². The number of hydrogen-bond donors (Lipinski definition) is 0. The van der Waals surface area contributed by atoms with Crippen molar-refractivity contribution in [2.75, 3.05) is 0 Å². The van der Waals surface area contributed by atoms with Crippen LogP contribution < -0.4 is 4.74 Å². The Morgan fingerprint density at radius 1 is 0.778 bits per heavy atom. The lowest BCUT2D eigenvalue weighted by molar-refractivity contribution is -0.134. The first kappa shape index (κ1) is 28.5. The summed E-state index contributed by atoms with van der Waals surface area (Å²) < 4.78 is 5.53. The average Bonchev–Trinajstić information content (AvgIpc) is 2.92. The molecule has 0 spiro atoms. The molecule has 1 saturated carbocycles. The van der Waals surface area contributed by atoms with E-state index in [4.69, 9.17) is 4.74 Å². The number of ether oxygens (including phenoxy) is 1. The predicted octanol–water partition coefficient (Wildman–Crippen LogP) is 10.5. The van der Waals surface area contributed by atoms with Crippen LogP contribution in [0.3, 0.4) is 0 Å². The van der Waals surface area contributed by atoms with Crippen LogP contribution in [0.15, 0.2) is 48.5 Å². The molecule has 0 saturated heterocycles. The van der Waals surface area contributed by atoms with E-state index in [1.165, 1.54) is 93.7 Å². The van der Waals surface area contributed by atoms with Gasteiger partial charge in [0, 0.05) is 6.42 Å². The van der Waals surface area contributed by atoms with Gasteiger partial charge in [-0.15, -0.1) is 0 Å². The van der Waals surface area contributed by atoms with Crippen molar-refractivity contribution >= 4 is 5.97 Å². The second kappa shape index (κ2) is 15.9. The summed E-state index contributed by atoms with van der Waals surface area (Å²) in [6.07, 6.45) is 18.6. The Morgan fingerprint density at radius 2 is 1.39 bits per heavy atom. The van der Waals surface area contributed by atoms with Gasteiger partial charge in [0.15, 0.2) is 0 Å². The van der Waals surface area contributed by atoms with Crippen LogP contribution in [0.4, 0.5) is 0 Å². The first-order valence-electron chi connectivity index (χ1n) is 15.0. The van der Waals surface area contributed by atoms with Gasteiger partial charge < -0.3 is 4.74 Å². The molecule has 1 atom stereocenters. The first-order valence-corrected chi connectivity index (χ1v) is 15.0. The molecule has 2 aromatic rings. The van der Waals surface area contributed by atoms with E-state index < -0.39 is 0 Å². The summed E-state index contributed by atoms with van der Waals surface area (Å²) in [5.41, 5.74) is 3.89. The summed E-state index contributed by atoms with van der Waals surface area (Å²) in [5.74, 6) is 3.12. The molecule has 1 unspecified atom stereocenters. The highest BCUT2D eigenvalue weighted by Crippen LogP contribution is 2.39. The zero-order valence-electron chi connectivity index (χ0n) is 23.3. The molecule has 36 heavy (non-hydrogen) atoms. The number of esters is 1. The molecule has 0 amide bonds. The summed E-state index contributed by atoms with van der Waals surface area (Å²) in [7, 11) is 0. The molecule has 198 valence electrons. The van der Waals surface area contributed by atoms with Crippen molar-refractivity contribution in [3.8, 4) is 16.9 Å². The minimum atomic E-state index is -0.121. The van der Waals surface area contributed by atoms with Gasteiger partial charge in [-0.25, -0.2) is 0 Å². The second-order valence-corrected chi connectivity index (χ2v) is 11.2. The first-order chi connectivity index (χ1) is 17.6. The number of carbonyl (C=O) groups is 1. The highest BCUT2D eigenvalue weighted by molar-refractivity contribution is 5.73. The predicted molar refractivity (Wildman–Crippen MR) is 154 cm³/mol. The van der Waals surface area contributed by atoms with Crippen LogP contribution in [0.5, 0.6) is 5.75 Å². The van der Waals surface area contributed by atoms with Crippen LogP contribution >= 0.6 is 0 Å². The normalized spacial score (nSPS) is 18.6. The third kappa shape index (κ3) is 9.41. The van der Waals surface area contributed by atoms with E-state index in [1.807, 2.05) is 12.1 Å². The molecule has 0 aromatic heterocycles. The second-order valence-electron chi connectivity index (χ2n) is 11.2. The van der Waals surface area contributed by atoms with Crippen LogP contribution in [0.25, 0.3) is 11.1 Å². The lowest BCUT2D eigenvalue weighted by atomic mass is 9.74. The SMILES string of the molecule is CCCCCCCC(=O)Oc1ccc(-c2ccc(C3CCC(CC(CC)CCCC)CC3)cc2)cc1. The molecule has 2 aromatic carbocycles. The Labute approximate surface area is 221 Å². The van der Waals surface area contributed by atoms with Gasteiger partial charge in [0.2, 0.25) is 0 Å². The summed E-state index contributed by atoms with van der Waals surface area (Å²) in [5, 5.41) is 0. The smallest absolute Gasteiger partial charge is 0.311 e. The van der Waals surface area contributed by atoms with Gasteiger partial charge in [0.1, 0.15) is 5.75 Å². The van der Waals surface area contributed by atoms with Gasteiger partial charge in [0.25, 0.3) is 0 Å². The molecule has 1 aliphatic carbocycles. The maximum Gasteiger partial charge on any atom is 0.311 e. The standard InChI is InChI=1S/C34H50O2/c1-4-7-9-10-11-13-34(35)36-33-24-22-32(23-25-33)31-20-18-30(19-21-31)29-16-14-28(15-17-29)26-27(6-3)12-8-5-2/h18-25,27-29H,4-17,26H2,1-3H3. The molecule has 0 heterocycles. The fourth-order valence-corrected chi connectivity index (χ4v) is 5.90. The Morgan fingerprint density at radius 3 is 2.00 bits per heavy atom. The maximum absolute atomic E-state index is 12.1. The molecule has 3 rings (SSSR count). The van der Waals surface area contributed by atoms with Crippen LogP contribution in [0.1, 0.15) is 129 Å². The molecule has 2 nitrogen and oxygen atoms in total. The Balaban J connectivity index is 1.44. The van der Waals surface area contributed by atoms with Crippen molar-refractivity contribution in [2.45, 2.75) is 123 Å².